The normalized spacial score (nSPS) is 21.2. The minimum Gasteiger partial charge on any atom is -0.465 e. The van der Waals surface area contributed by atoms with E-state index in [0.29, 0.717) is 31.1 Å². The maximum absolute atomic E-state index is 12.4. The number of carbonyl (C=O) groups excluding carboxylic acids is 2. The smallest absolute Gasteiger partial charge is 0.410 e. The number of imidazole rings is 1. The van der Waals surface area contributed by atoms with Crippen LogP contribution in [0.15, 0.2) is 18.2 Å². The monoisotopic (exact) mass is 429 g/mol. The number of hydrogen-bond donors (Lipinski definition) is 0. The van der Waals surface area contributed by atoms with Crippen LogP contribution < -0.4 is 0 Å². The fourth-order valence-corrected chi connectivity index (χ4v) is 4.16. The van der Waals surface area contributed by atoms with Crippen molar-refractivity contribution in [2.75, 3.05) is 26.8 Å². The van der Waals surface area contributed by atoms with Gasteiger partial charge in [0.1, 0.15) is 11.4 Å². The second kappa shape index (κ2) is 8.49. The van der Waals surface area contributed by atoms with Crippen molar-refractivity contribution < 1.29 is 23.8 Å². The van der Waals surface area contributed by atoms with Gasteiger partial charge in [0.25, 0.3) is 0 Å². The van der Waals surface area contributed by atoms with E-state index in [1.54, 1.807) is 11.0 Å². The number of nitrogens with zero attached hydrogens (tertiary/aromatic N) is 3. The van der Waals surface area contributed by atoms with Crippen LogP contribution in [-0.4, -0.2) is 65.0 Å². The van der Waals surface area contributed by atoms with Crippen molar-refractivity contribution in [2.24, 2.45) is 5.92 Å². The van der Waals surface area contributed by atoms with E-state index in [1.165, 1.54) is 7.11 Å². The molecule has 0 unspecified atom stereocenters. The maximum atomic E-state index is 12.4. The summed E-state index contributed by atoms with van der Waals surface area (Å²) >= 11 is 0. The fourth-order valence-electron chi connectivity index (χ4n) is 4.16. The molecule has 8 nitrogen and oxygen atoms in total. The first-order valence-corrected chi connectivity index (χ1v) is 10.9. The molecular formula is C23H31N3O5. The number of methoxy groups -OCH3 is 1. The van der Waals surface area contributed by atoms with Crippen molar-refractivity contribution in [1.29, 1.82) is 0 Å². The highest BCUT2D eigenvalue weighted by Crippen LogP contribution is 2.27. The van der Waals surface area contributed by atoms with Crippen molar-refractivity contribution in [1.82, 2.24) is 14.5 Å². The highest BCUT2D eigenvalue weighted by Gasteiger charge is 2.31. The number of fused-ring (bicyclic) bond motifs is 1. The lowest BCUT2D eigenvalue weighted by molar-refractivity contribution is -0.0590. The van der Waals surface area contributed by atoms with Crippen LogP contribution in [0.25, 0.3) is 11.0 Å². The third-order valence-electron chi connectivity index (χ3n) is 5.84. The van der Waals surface area contributed by atoms with Crippen LogP contribution in [0.3, 0.4) is 0 Å². The van der Waals surface area contributed by atoms with E-state index in [0.717, 1.165) is 42.7 Å². The molecule has 0 bridgehead atoms. The SMILES string of the molecule is COC(=O)c1ccc2nc(C[C@@H]3CCN(C(=O)OC(C)(C)C)C3)n(C[C@@H]3CCO3)c2c1. The van der Waals surface area contributed by atoms with Gasteiger partial charge in [-0.1, -0.05) is 0 Å². The Morgan fingerprint density at radius 3 is 2.68 bits per heavy atom. The third kappa shape index (κ3) is 4.84. The molecule has 168 valence electrons. The van der Waals surface area contributed by atoms with E-state index < -0.39 is 5.60 Å². The van der Waals surface area contributed by atoms with Crippen molar-refractivity contribution in [2.45, 2.75) is 58.3 Å². The van der Waals surface area contributed by atoms with Gasteiger partial charge in [0, 0.05) is 26.1 Å². The number of carbonyl (C=O) groups is 2. The zero-order valence-electron chi connectivity index (χ0n) is 18.7. The average molecular weight is 430 g/mol. The van der Waals surface area contributed by atoms with Gasteiger partial charge >= 0.3 is 12.1 Å². The predicted octanol–water partition coefficient (Wildman–Crippen LogP) is 3.41. The predicted molar refractivity (Wildman–Crippen MR) is 115 cm³/mol. The summed E-state index contributed by atoms with van der Waals surface area (Å²) in [6.45, 7) is 8.49. The quantitative estimate of drug-likeness (QED) is 0.678. The average Bonchev–Trinajstić information content (AvgIpc) is 3.27. The van der Waals surface area contributed by atoms with E-state index in [-0.39, 0.29) is 18.2 Å². The Morgan fingerprint density at radius 2 is 2.03 bits per heavy atom. The van der Waals surface area contributed by atoms with Gasteiger partial charge in [-0.15, -0.1) is 0 Å². The summed E-state index contributed by atoms with van der Waals surface area (Å²) in [5.74, 6) is 0.911. The zero-order valence-corrected chi connectivity index (χ0v) is 18.7. The largest absolute Gasteiger partial charge is 0.465 e. The summed E-state index contributed by atoms with van der Waals surface area (Å²) < 4.78 is 18.2. The first-order valence-electron chi connectivity index (χ1n) is 10.9. The van der Waals surface area contributed by atoms with Gasteiger partial charge in [-0.25, -0.2) is 14.6 Å². The van der Waals surface area contributed by atoms with Crippen LogP contribution in [0.4, 0.5) is 4.79 Å². The highest BCUT2D eigenvalue weighted by atomic mass is 16.6. The molecule has 2 aliphatic heterocycles. The molecule has 1 amide bonds. The van der Waals surface area contributed by atoms with Crippen LogP contribution in [0, 0.1) is 5.92 Å². The standard InChI is InChI=1S/C23H31N3O5/c1-23(2,3)31-22(28)25-9-7-15(13-25)11-20-24-18-6-5-16(21(27)29-4)12-19(18)26(20)14-17-8-10-30-17/h5-6,12,15,17H,7-11,13-14H2,1-4H3/t15-,17-/m0/s1. The molecule has 0 radical (unpaired) electrons. The van der Waals surface area contributed by atoms with Gasteiger partial charge in [-0.05, 0) is 57.7 Å². The van der Waals surface area contributed by atoms with E-state index in [9.17, 15) is 9.59 Å². The molecule has 31 heavy (non-hydrogen) atoms. The number of aromatic nitrogens is 2. The number of benzene rings is 1. The molecule has 2 saturated heterocycles. The Bertz CT molecular complexity index is 973. The maximum Gasteiger partial charge on any atom is 0.410 e. The van der Waals surface area contributed by atoms with Gasteiger partial charge < -0.3 is 23.7 Å². The summed E-state index contributed by atoms with van der Waals surface area (Å²) in [7, 11) is 1.38. The number of ether oxygens (including phenoxy) is 3. The number of amides is 1. The van der Waals surface area contributed by atoms with Crippen LogP contribution in [0.1, 0.15) is 49.8 Å². The number of rotatable bonds is 5. The van der Waals surface area contributed by atoms with Gasteiger partial charge in [0.15, 0.2) is 0 Å². The van der Waals surface area contributed by atoms with Crippen molar-refractivity contribution in [3.05, 3.63) is 29.6 Å². The molecule has 0 saturated carbocycles. The Morgan fingerprint density at radius 1 is 1.26 bits per heavy atom. The third-order valence-corrected chi connectivity index (χ3v) is 5.84. The fraction of sp³-hybridized carbons (Fsp3) is 0.609. The molecule has 0 aliphatic carbocycles. The second-order valence-corrected chi connectivity index (χ2v) is 9.40. The molecule has 2 fully saturated rings. The van der Waals surface area contributed by atoms with E-state index in [4.69, 9.17) is 19.2 Å². The minimum absolute atomic E-state index is 0.166. The molecule has 0 N–H and O–H groups in total. The van der Waals surface area contributed by atoms with Gasteiger partial charge in [0.2, 0.25) is 0 Å². The van der Waals surface area contributed by atoms with Crippen molar-refractivity contribution >= 4 is 23.1 Å². The molecule has 8 heteroatoms. The Balaban J connectivity index is 1.54. The van der Waals surface area contributed by atoms with Crippen LogP contribution in [0.5, 0.6) is 0 Å². The zero-order chi connectivity index (χ0) is 22.2. The van der Waals surface area contributed by atoms with Crippen LogP contribution >= 0.6 is 0 Å². The number of esters is 1. The minimum atomic E-state index is -0.497. The molecule has 3 heterocycles. The second-order valence-electron chi connectivity index (χ2n) is 9.40. The Kier molecular flexibility index (Phi) is 5.92. The molecule has 0 spiro atoms. The van der Waals surface area contributed by atoms with Gasteiger partial charge in [-0.2, -0.15) is 0 Å². The summed E-state index contributed by atoms with van der Waals surface area (Å²) in [5.41, 5.74) is 1.78. The summed E-state index contributed by atoms with van der Waals surface area (Å²) in [5, 5.41) is 0. The van der Waals surface area contributed by atoms with E-state index in [1.807, 2.05) is 32.9 Å². The van der Waals surface area contributed by atoms with Crippen LogP contribution in [-0.2, 0) is 27.2 Å². The summed E-state index contributed by atoms with van der Waals surface area (Å²) in [4.78, 5) is 31.1. The lowest BCUT2D eigenvalue weighted by Gasteiger charge is -2.28. The summed E-state index contributed by atoms with van der Waals surface area (Å²) in [6, 6.07) is 5.46. The molecule has 2 aromatic rings. The molecular weight excluding hydrogens is 398 g/mol. The Labute approximate surface area is 182 Å². The van der Waals surface area contributed by atoms with E-state index >= 15 is 0 Å². The highest BCUT2D eigenvalue weighted by molar-refractivity contribution is 5.93. The molecule has 2 atom stereocenters. The Hall–Kier alpha value is -2.61. The topological polar surface area (TPSA) is 82.9 Å². The van der Waals surface area contributed by atoms with Gasteiger partial charge in [0.05, 0.1) is 36.4 Å². The summed E-state index contributed by atoms with van der Waals surface area (Å²) in [6.07, 6.45) is 2.60. The van der Waals surface area contributed by atoms with Crippen molar-refractivity contribution in [3.63, 3.8) is 0 Å². The lowest BCUT2D eigenvalue weighted by Crippen LogP contribution is -2.35. The van der Waals surface area contributed by atoms with Crippen LogP contribution in [0.2, 0.25) is 0 Å². The van der Waals surface area contributed by atoms with Crippen molar-refractivity contribution in [3.8, 4) is 0 Å². The first-order chi connectivity index (χ1) is 14.7. The lowest BCUT2D eigenvalue weighted by atomic mass is 10.0. The molecule has 1 aromatic heterocycles. The molecule has 2 aliphatic rings. The van der Waals surface area contributed by atoms with Gasteiger partial charge in [-0.3, -0.25) is 0 Å². The first kappa shape index (κ1) is 21.6. The number of hydrogen-bond acceptors (Lipinski definition) is 6. The number of likely N-dealkylation sites (tertiary alicyclic amines) is 1. The van der Waals surface area contributed by atoms with E-state index in [2.05, 4.69) is 4.57 Å². The molecule has 1 aromatic carbocycles. The molecule has 4 rings (SSSR count).